The van der Waals surface area contributed by atoms with E-state index in [-0.39, 0.29) is 17.7 Å². The maximum Gasteiger partial charge on any atom is 0.140 e. The smallest absolute Gasteiger partial charge is 0.140 e. The number of hydrazone groups is 1. The Morgan fingerprint density at radius 1 is 1.07 bits per heavy atom. The second-order valence-electron chi connectivity index (χ2n) is 6.27. The monoisotopic (exact) mass is 406 g/mol. The summed E-state index contributed by atoms with van der Waals surface area (Å²) in [5.74, 6) is 1.60. The van der Waals surface area contributed by atoms with Crippen LogP contribution in [0.5, 0.6) is 17.2 Å². The summed E-state index contributed by atoms with van der Waals surface area (Å²) < 4.78 is 13.4. The standard InChI is InChI=1S/C20H27N2O3PS/c1-5-15(2)24-19-10-6-17(7-11-19)14-21-22(4)26(27)16(3)25-20-12-8-18(23)9-13-20/h6-16,23,26H,5H2,1-4H3. The molecular weight excluding hydrogens is 379 g/mol. The number of ether oxygens (including phenoxy) is 2. The van der Waals surface area contributed by atoms with Crippen molar-refractivity contribution in [1.82, 2.24) is 4.78 Å². The predicted octanol–water partition coefficient (Wildman–Crippen LogP) is 4.85. The zero-order chi connectivity index (χ0) is 19.8. The van der Waals surface area contributed by atoms with Gasteiger partial charge in [0.1, 0.15) is 23.1 Å². The van der Waals surface area contributed by atoms with Gasteiger partial charge in [-0.15, -0.1) is 0 Å². The highest BCUT2D eigenvalue weighted by atomic mass is 32.4. The molecule has 0 fully saturated rings. The third kappa shape index (κ3) is 6.89. The van der Waals surface area contributed by atoms with Crippen molar-refractivity contribution in [3.63, 3.8) is 0 Å². The van der Waals surface area contributed by atoms with Crippen molar-refractivity contribution in [1.29, 1.82) is 0 Å². The minimum absolute atomic E-state index is 0.150. The largest absolute Gasteiger partial charge is 0.508 e. The Kier molecular flexibility index (Phi) is 8.14. The summed E-state index contributed by atoms with van der Waals surface area (Å²) in [5, 5.41) is 13.8. The first-order valence-corrected chi connectivity index (χ1v) is 11.6. The lowest BCUT2D eigenvalue weighted by molar-refractivity contribution is 0.217. The van der Waals surface area contributed by atoms with Gasteiger partial charge in [-0.05, 0) is 74.4 Å². The summed E-state index contributed by atoms with van der Waals surface area (Å²) in [6.45, 7) is 4.66. The molecule has 2 aromatic carbocycles. The summed E-state index contributed by atoms with van der Waals surface area (Å²) in [6.07, 6.45) is 2.97. The summed E-state index contributed by atoms with van der Waals surface area (Å²) in [4.78, 5) is 0. The number of nitrogens with zero attached hydrogens (tertiary/aromatic N) is 2. The van der Waals surface area contributed by atoms with Crippen molar-refractivity contribution in [3.8, 4) is 17.2 Å². The third-order valence-electron chi connectivity index (χ3n) is 3.99. The summed E-state index contributed by atoms with van der Waals surface area (Å²) in [7, 11) is 1.87. The van der Waals surface area contributed by atoms with Gasteiger partial charge in [-0.25, -0.2) is 0 Å². The first-order chi connectivity index (χ1) is 12.9. The molecule has 0 aliphatic heterocycles. The van der Waals surface area contributed by atoms with Crippen LogP contribution in [0.1, 0.15) is 32.8 Å². The minimum atomic E-state index is -1.44. The predicted molar refractivity (Wildman–Crippen MR) is 116 cm³/mol. The minimum Gasteiger partial charge on any atom is -0.508 e. The highest BCUT2D eigenvalue weighted by Gasteiger charge is 2.12. The van der Waals surface area contributed by atoms with Gasteiger partial charge in [0.05, 0.1) is 19.2 Å². The Hall–Kier alpha value is -2.04. The lowest BCUT2D eigenvalue weighted by Gasteiger charge is -2.22. The highest BCUT2D eigenvalue weighted by molar-refractivity contribution is 8.04. The molecule has 0 amide bonds. The lowest BCUT2D eigenvalue weighted by atomic mass is 10.2. The van der Waals surface area contributed by atoms with Crippen LogP contribution in [-0.2, 0) is 11.8 Å². The zero-order valence-corrected chi connectivity index (χ0v) is 17.9. The van der Waals surface area contributed by atoms with Crippen molar-refractivity contribution in [2.75, 3.05) is 7.05 Å². The average Bonchev–Trinajstić information content (AvgIpc) is 2.68. The molecular formula is C20H27N2O3PS. The van der Waals surface area contributed by atoms with Crippen LogP contribution in [0.3, 0.4) is 0 Å². The molecule has 0 aromatic heterocycles. The van der Waals surface area contributed by atoms with Crippen LogP contribution in [0.2, 0.25) is 0 Å². The van der Waals surface area contributed by atoms with E-state index in [2.05, 4.69) is 18.9 Å². The van der Waals surface area contributed by atoms with Gasteiger partial charge in [-0.2, -0.15) is 5.10 Å². The van der Waals surface area contributed by atoms with Gasteiger partial charge in [0.15, 0.2) is 0 Å². The molecule has 0 aliphatic rings. The number of rotatable bonds is 9. The first kappa shape index (κ1) is 21.3. The van der Waals surface area contributed by atoms with E-state index in [1.165, 1.54) is 0 Å². The molecule has 3 unspecified atom stereocenters. The molecule has 7 heteroatoms. The highest BCUT2D eigenvalue weighted by Crippen LogP contribution is 2.34. The molecule has 0 aliphatic carbocycles. The van der Waals surface area contributed by atoms with Crippen molar-refractivity contribution in [3.05, 3.63) is 54.1 Å². The lowest BCUT2D eigenvalue weighted by Crippen LogP contribution is -2.14. The molecule has 0 saturated carbocycles. The molecule has 5 nitrogen and oxygen atoms in total. The van der Waals surface area contributed by atoms with Gasteiger partial charge in [0.2, 0.25) is 0 Å². The first-order valence-electron chi connectivity index (χ1n) is 8.93. The van der Waals surface area contributed by atoms with E-state index < -0.39 is 6.85 Å². The molecule has 2 aromatic rings. The maximum atomic E-state index is 9.33. The second-order valence-corrected chi connectivity index (χ2v) is 9.66. The Balaban J connectivity index is 1.91. The summed E-state index contributed by atoms with van der Waals surface area (Å²) in [6, 6.07) is 14.5. The third-order valence-corrected chi connectivity index (χ3v) is 7.34. The molecule has 1 N–H and O–H groups in total. The molecule has 3 atom stereocenters. The topological polar surface area (TPSA) is 54.3 Å². The van der Waals surface area contributed by atoms with Crippen molar-refractivity contribution in [2.45, 2.75) is 39.1 Å². The van der Waals surface area contributed by atoms with Crippen LogP contribution < -0.4 is 9.47 Å². The molecule has 0 heterocycles. The van der Waals surface area contributed by atoms with Gasteiger partial charge in [-0.1, -0.05) is 18.7 Å². The number of hydrogen-bond donors (Lipinski definition) is 1. The van der Waals surface area contributed by atoms with Crippen molar-refractivity contribution < 1.29 is 14.6 Å². The second kappa shape index (κ2) is 10.3. The Morgan fingerprint density at radius 2 is 1.63 bits per heavy atom. The Labute approximate surface area is 167 Å². The quantitative estimate of drug-likeness (QED) is 0.366. The van der Waals surface area contributed by atoms with E-state index in [1.54, 1.807) is 35.3 Å². The SMILES string of the molecule is CCC(C)Oc1ccc(C=NN(C)[PH](=S)C(C)Oc2ccc(O)cc2)cc1. The van der Waals surface area contributed by atoms with Gasteiger partial charge in [-0.3, -0.25) is 4.78 Å². The van der Waals surface area contributed by atoms with Crippen LogP contribution >= 0.6 is 6.85 Å². The fourth-order valence-electron chi connectivity index (χ4n) is 2.20. The average molecular weight is 406 g/mol. The summed E-state index contributed by atoms with van der Waals surface area (Å²) >= 11 is 5.62. The van der Waals surface area contributed by atoms with Crippen molar-refractivity contribution >= 4 is 24.9 Å². The van der Waals surface area contributed by atoms with Crippen LogP contribution in [0, 0.1) is 0 Å². The molecule has 0 bridgehead atoms. The van der Waals surface area contributed by atoms with Gasteiger partial charge in [0, 0.05) is 7.05 Å². The van der Waals surface area contributed by atoms with Gasteiger partial charge >= 0.3 is 0 Å². The van der Waals surface area contributed by atoms with Crippen LogP contribution in [0.4, 0.5) is 0 Å². The number of aromatic hydroxyl groups is 1. The number of benzene rings is 2. The number of hydrogen-bond acceptors (Lipinski definition) is 5. The number of phenols is 1. The fourth-order valence-corrected chi connectivity index (χ4v) is 3.42. The van der Waals surface area contributed by atoms with Gasteiger partial charge < -0.3 is 14.6 Å². The molecule has 27 heavy (non-hydrogen) atoms. The van der Waals surface area contributed by atoms with Crippen LogP contribution in [-0.4, -0.2) is 35.1 Å². The molecule has 146 valence electrons. The van der Waals surface area contributed by atoms with E-state index in [0.29, 0.717) is 5.75 Å². The zero-order valence-electron chi connectivity index (χ0n) is 16.1. The summed E-state index contributed by atoms with van der Waals surface area (Å²) in [5.41, 5.74) is 0.982. The van der Waals surface area contributed by atoms with Crippen LogP contribution in [0.15, 0.2) is 53.6 Å². The van der Waals surface area contributed by atoms with E-state index in [1.807, 2.05) is 38.2 Å². The van der Waals surface area contributed by atoms with Gasteiger partial charge in [0.25, 0.3) is 0 Å². The van der Waals surface area contributed by atoms with E-state index >= 15 is 0 Å². The van der Waals surface area contributed by atoms with E-state index in [4.69, 9.17) is 21.3 Å². The van der Waals surface area contributed by atoms with E-state index in [0.717, 1.165) is 17.7 Å². The molecule has 2 rings (SSSR count). The maximum absolute atomic E-state index is 9.33. The molecule has 0 spiro atoms. The normalized spacial score (nSPS) is 14.5. The molecule has 0 radical (unpaired) electrons. The Bertz CT molecular complexity index is 766. The number of phenolic OH excluding ortho intramolecular Hbond substituents is 1. The fraction of sp³-hybridized carbons (Fsp3) is 0.350. The van der Waals surface area contributed by atoms with Crippen LogP contribution in [0.25, 0.3) is 0 Å². The van der Waals surface area contributed by atoms with Crippen molar-refractivity contribution in [2.24, 2.45) is 5.10 Å². The molecule has 0 saturated heterocycles. The Morgan fingerprint density at radius 3 is 2.22 bits per heavy atom. The van der Waals surface area contributed by atoms with E-state index in [9.17, 15) is 5.11 Å².